The standard InChI is InChI=1S/C22H22N2O3S/c1-4-13-24-20(25)19(14-16-7-9-17(10-8-16)21(26)27-3)28-22(24)23-18-11-5-15(2)6-12-18/h5-12,14H,4,13H2,1-3H3. The molecule has 0 spiro atoms. The van der Waals surface area contributed by atoms with Gasteiger partial charge < -0.3 is 4.74 Å². The van der Waals surface area contributed by atoms with Crippen molar-refractivity contribution in [1.82, 2.24) is 4.90 Å². The summed E-state index contributed by atoms with van der Waals surface area (Å²) in [5.41, 5.74) is 3.31. The first kappa shape index (κ1) is 19.9. The van der Waals surface area contributed by atoms with Crippen LogP contribution in [0.2, 0.25) is 0 Å². The van der Waals surface area contributed by atoms with Crippen molar-refractivity contribution in [2.24, 2.45) is 4.99 Å². The Morgan fingerprint density at radius 1 is 1.14 bits per heavy atom. The number of rotatable bonds is 5. The molecule has 1 saturated heterocycles. The predicted octanol–water partition coefficient (Wildman–Crippen LogP) is 4.80. The van der Waals surface area contributed by atoms with Gasteiger partial charge >= 0.3 is 5.97 Å². The molecule has 1 aliphatic rings. The zero-order valence-corrected chi connectivity index (χ0v) is 17.0. The summed E-state index contributed by atoms with van der Waals surface area (Å²) in [7, 11) is 1.35. The number of hydrogen-bond acceptors (Lipinski definition) is 5. The van der Waals surface area contributed by atoms with Crippen molar-refractivity contribution in [3.63, 3.8) is 0 Å². The molecule has 144 valence electrons. The van der Waals surface area contributed by atoms with E-state index in [1.807, 2.05) is 44.2 Å². The number of nitrogens with zero attached hydrogens (tertiary/aromatic N) is 2. The maximum atomic E-state index is 12.9. The lowest BCUT2D eigenvalue weighted by atomic mass is 10.1. The quantitative estimate of drug-likeness (QED) is 0.540. The Labute approximate surface area is 169 Å². The summed E-state index contributed by atoms with van der Waals surface area (Å²) in [5, 5.41) is 0.688. The third-order valence-corrected chi connectivity index (χ3v) is 5.23. The minimum atomic E-state index is -0.382. The average molecular weight is 394 g/mol. The number of aliphatic imine (C=N–C) groups is 1. The van der Waals surface area contributed by atoms with Crippen LogP contribution >= 0.6 is 11.8 Å². The number of carbonyl (C=O) groups is 2. The molecule has 0 atom stereocenters. The van der Waals surface area contributed by atoms with Gasteiger partial charge in [0.25, 0.3) is 5.91 Å². The molecule has 2 aromatic carbocycles. The summed E-state index contributed by atoms with van der Waals surface area (Å²) in [4.78, 5) is 31.4. The van der Waals surface area contributed by atoms with Gasteiger partial charge in [-0.1, -0.05) is 36.8 Å². The summed E-state index contributed by atoms with van der Waals surface area (Å²) in [6.07, 6.45) is 2.68. The molecule has 28 heavy (non-hydrogen) atoms. The van der Waals surface area contributed by atoms with Crippen LogP contribution in [0, 0.1) is 6.92 Å². The zero-order valence-electron chi connectivity index (χ0n) is 16.1. The maximum absolute atomic E-state index is 12.9. The van der Waals surface area contributed by atoms with Gasteiger partial charge in [0.15, 0.2) is 5.17 Å². The average Bonchev–Trinajstić information content (AvgIpc) is 2.99. The number of carbonyl (C=O) groups excluding carboxylic acids is 2. The highest BCUT2D eigenvalue weighted by Crippen LogP contribution is 2.34. The second kappa shape index (κ2) is 8.89. The van der Waals surface area contributed by atoms with Gasteiger partial charge in [-0.05, 0) is 61.0 Å². The van der Waals surface area contributed by atoms with E-state index in [4.69, 9.17) is 4.74 Å². The smallest absolute Gasteiger partial charge is 0.337 e. The summed E-state index contributed by atoms with van der Waals surface area (Å²) < 4.78 is 4.71. The van der Waals surface area contributed by atoms with E-state index in [-0.39, 0.29) is 11.9 Å². The highest BCUT2D eigenvalue weighted by Gasteiger charge is 2.32. The van der Waals surface area contributed by atoms with Crippen molar-refractivity contribution in [1.29, 1.82) is 0 Å². The van der Waals surface area contributed by atoms with Crippen LogP contribution < -0.4 is 0 Å². The lowest BCUT2D eigenvalue weighted by Crippen LogP contribution is -2.29. The summed E-state index contributed by atoms with van der Waals surface area (Å²) in [6.45, 7) is 4.68. The number of benzene rings is 2. The van der Waals surface area contributed by atoms with Crippen molar-refractivity contribution in [2.75, 3.05) is 13.7 Å². The Bertz CT molecular complexity index is 931. The van der Waals surface area contributed by atoms with E-state index in [2.05, 4.69) is 4.99 Å². The monoisotopic (exact) mass is 394 g/mol. The fraction of sp³-hybridized carbons (Fsp3) is 0.227. The van der Waals surface area contributed by atoms with E-state index in [0.717, 1.165) is 17.7 Å². The second-order valence-electron chi connectivity index (χ2n) is 6.41. The molecule has 0 unspecified atom stereocenters. The third kappa shape index (κ3) is 4.51. The summed E-state index contributed by atoms with van der Waals surface area (Å²) in [5.74, 6) is -0.429. The Kier molecular flexibility index (Phi) is 6.31. The van der Waals surface area contributed by atoms with E-state index in [1.165, 1.54) is 24.4 Å². The van der Waals surface area contributed by atoms with E-state index in [0.29, 0.717) is 22.2 Å². The van der Waals surface area contributed by atoms with Crippen LogP contribution in [0.5, 0.6) is 0 Å². The van der Waals surface area contributed by atoms with Gasteiger partial charge in [-0.25, -0.2) is 9.79 Å². The number of amides is 1. The largest absolute Gasteiger partial charge is 0.465 e. The number of thioether (sulfide) groups is 1. The van der Waals surface area contributed by atoms with Crippen molar-refractivity contribution in [3.8, 4) is 0 Å². The molecule has 0 aromatic heterocycles. The van der Waals surface area contributed by atoms with Crippen LogP contribution in [0.1, 0.15) is 34.8 Å². The molecule has 2 aromatic rings. The maximum Gasteiger partial charge on any atom is 0.337 e. The fourth-order valence-corrected chi connectivity index (χ4v) is 3.75. The summed E-state index contributed by atoms with van der Waals surface area (Å²) >= 11 is 1.37. The van der Waals surface area contributed by atoms with Gasteiger partial charge in [0.05, 0.1) is 23.3 Å². The molecule has 1 heterocycles. The van der Waals surface area contributed by atoms with Crippen molar-refractivity contribution in [3.05, 3.63) is 70.1 Å². The molecule has 1 fully saturated rings. The molecule has 0 N–H and O–H groups in total. The summed E-state index contributed by atoms with van der Waals surface area (Å²) in [6, 6.07) is 14.9. The Morgan fingerprint density at radius 2 is 1.82 bits per heavy atom. The first-order valence-electron chi connectivity index (χ1n) is 9.07. The lowest BCUT2D eigenvalue weighted by molar-refractivity contribution is -0.122. The van der Waals surface area contributed by atoms with Gasteiger partial charge in [-0.15, -0.1) is 0 Å². The highest BCUT2D eigenvalue weighted by molar-refractivity contribution is 8.18. The molecular weight excluding hydrogens is 372 g/mol. The molecular formula is C22H22N2O3S. The van der Waals surface area contributed by atoms with Crippen LogP contribution in [0.3, 0.4) is 0 Å². The Balaban J connectivity index is 1.88. The van der Waals surface area contributed by atoms with Crippen molar-refractivity contribution >= 4 is 40.6 Å². The van der Waals surface area contributed by atoms with Gasteiger partial charge in [-0.3, -0.25) is 9.69 Å². The molecule has 6 heteroatoms. The zero-order chi connectivity index (χ0) is 20.1. The Morgan fingerprint density at radius 3 is 2.43 bits per heavy atom. The highest BCUT2D eigenvalue weighted by atomic mass is 32.2. The minimum absolute atomic E-state index is 0.0465. The number of amidine groups is 1. The van der Waals surface area contributed by atoms with Crippen LogP contribution in [-0.4, -0.2) is 35.6 Å². The van der Waals surface area contributed by atoms with Crippen LogP contribution in [-0.2, 0) is 9.53 Å². The minimum Gasteiger partial charge on any atom is -0.465 e. The first-order chi connectivity index (χ1) is 13.5. The van der Waals surface area contributed by atoms with Gasteiger partial charge in [0.2, 0.25) is 0 Å². The van der Waals surface area contributed by atoms with Crippen LogP contribution in [0.15, 0.2) is 58.4 Å². The van der Waals surface area contributed by atoms with E-state index in [9.17, 15) is 9.59 Å². The molecule has 0 radical (unpaired) electrons. The normalized spacial score (nSPS) is 16.8. The number of hydrogen-bond donors (Lipinski definition) is 0. The molecule has 3 rings (SSSR count). The Hall–Kier alpha value is -2.86. The first-order valence-corrected chi connectivity index (χ1v) is 9.88. The number of aryl methyl sites for hydroxylation is 1. The van der Waals surface area contributed by atoms with E-state index in [1.54, 1.807) is 29.2 Å². The molecule has 0 bridgehead atoms. The predicted molar refractivity (Wildman–Crippen MR) is 114 cm³/mol. The molecule has 0 saturated carbocycles. The van der Waals surface area contributed by atoms with Gasteiger partial charge in [0.1, 0.15) is 0 Å². The van der Waals surface area contributed by atoms with E-state index >= 15 is 0 Å². The number of esters is 1. The fourth-order valence-electron chi connectivity index (χ4n) is 2.73. The van der Waals surface area contributed by atoms with E-state index < -0.39 is 0 Å². The lowest BCUT2D eigenvalue weighted by Gasteiger charge is -2.13. The topological polar surface area (TPSA) is 59.0 Å². The van der Waals surface area contributed by atoms with Crippen LogP contribution in [0.25, 0.3) is 6.08 Å². The van der Waals surface area contributed by atoms with Gasteiger partial charge in [0, 0.05) is 6.54 Å². The SMILES string of the molecule is CCCN1C(=O)C(=Cc2ccc(C(=O)OC)cc2)SC1=Nc1ccc(C)cc1. The number of ether oxygens (including phenoxy) is 1. The number of methoxy groups -OCH3 is 1. The second-order valence-corrected chi connectivity index (χ2v) is 7.42. The third-order valence-electron chi connectivity index (χ3n) is 4.22. The van der Waals surface area contributed by atoms with Crippen molar-refractivity contribution < 1.29 is 14.3 Å². The molecule has 5 nitrogen and oxygen atoms in total. The molecule has 0 aliphatic carbocycles. The molecule has 1 aliphatic heterocycles. The molecule has 1 amide bonds. The van der Waals surface area contributed by atoms with Crippen molar-refractivity contribution in [2.45, 2.75) is 20.3 Å². The van der Waals surface area contributed by atoms with Gasteiger partial charge in [-0.2, -0.15) is 0 Å². The van der Waals surface area contributed by atoms with Crippen LogP contribution in [0.4, 0.5) is 5.69 Å².